The highest BCUT2D eigenvalue weighted by Crippen LogP contribution is 2.18. The Kier molecular flexibility index (Phi) is 6.09. The molecule has 0 aliphatic heterocycles. The fourth-order valence-electron chi connectivity index (χ4n) is 2.71. The number of para-hydroxylation sites is 1. The highest BCUT2D eigenvalue weighted by Gasteiger charge is 2.25. The lowest BCUT2D eigenvalue weighted by Crippen LogP contribution is -2.46. The zero-order valence-corrected chi connectivity index (χ0v) is 16.0. The lowest BCUT2D eigenvalue weighted by Gasteiger charge is -2.21. The number of hydrogen-bond acceptors (Lipinski definition) is 6. The first-order chi connectivity index (χ1) is 14.0. The van der Waals surface area contributed by atoms with Crippen molar-refractivity contribution in [2.24, 2.45) is 0 Å². The summed E-state index contributed by atoms with van der Waals surface area (Å²) in [6.45, 7) is 1.91. The van der Waals surface area contributed by atoms with Crippen molar-refractivity contribution in [3.05, 3.63) is 89.4 Å². The molecule has 1 atom stereocenters. The summed E-state index contributed by atoms with van der Waals surface area (Å²) >= 11 is 0. The number of carbonyl (C=O) groups excluding carboxylic acids is 3. The summed E-state index contributed by atoms with van der Waals surface area (Å²) < 4.78 is 9.89. The van der Waals surface area contributed by atoms with Gasteiger partial charge < -0.3 is 19.8 Å². The smallest absolute Gasteiger partial charge is 0.339 e. The first-order valence-corrected chi connectivity index (χ1v) is 8.88. The highest BCUT2D eigenvalue weighted by molar-refractivity contribution is 6.05. The number of hydrogen-bond donors (Lipinski definition) is 2. The predicted molar refractivity (Wildman–Crippen MR) is 107 cm³/mol. The van der Waals surface area contributed by atoms with E-state index in [0.717, 1.165) is 5.56 Å². The van der Waals surface area contributed by atoms with Gasteiger partial charge in [-0.25, -0.2) is 4.79 Å². The lowest BCUT2D eigenvalue weighted by atomic mass is 10.1. The van der Waals surface area contributed by atoms with Crippen LogP contribution < -0.4 is 10.6 Å². The zero-order valence-electron chi connectivity index (χ0n) is 16.0. The molecule has 7 nitrogen and oxygen atoms in total. The fourth-order valence-corrected chi connectivity index (χ4v) is 2.71. The molecule has 3 rings (SSSR count). The Hall–Kier alpha value is -3.87. The second-order valence-corrected chi connectivity index (χ2v) is 6.30. The molecule has 0 bridgehead atoms. The van der Waals surface area contributed by atoms with E-state index in [-0.39, 0.29) is 17.1 Å². The molecule has 2 N–H and O–H groups in total. The Morgan fingerprint density at radius 2 is 1.69 bits per heavy atom. The van der Waals surface area contributed by atoms with Gasteiger partial charge in [0.05, 0.1) is 24.6 Å². The minimum atomic E-state index is -1.14. The quantitative estimate of drug-likeness (QED) is 0.363. The van der Waals surface area contributed by atoms with Gasteiger partial charge in [-0.15, -0.1) is 0 Å². The van der Waals surface area contributed by atoms with Crippen LogP contribution >= 0.6 is 0 Å². The molecule has 0 aliphatic carbocycles. The average molecular weight is 392 g/mol. The number of aryl methyl sites for hydroxylation is 1. The van der Waals surface area contributed by atoms with E-state index in [2.05, 4.69) is 10.6 Å². The molecule has 0 saturated heterocycles. The first kappa shape index (κ1) is 19.9. The van der Waals surface area contributed by atoms with Crippen molar-refractivity contribution >= 4 is 23.3 Å². The molecule has 148 valence electrons. The van der Waals surface area contributed by atoms with E-state index in [1.54, 1.807) is 54.6 Å². The van der Waals surface area contributed by atoms with Crippen LogP contribution in [0.2, 0.25) is 0 Å². The van der Waals surface area contributed by atoms with Crippen molar-refractivity contribution < 1.29 is 23.5 Å². The molecule has 1 heterocycles. The summed E-state index contributed by atoms with van der Waals surface area (Å²) in [4.78, 5) is 37.6. The molecule has 0 aliphatic rings. The largest absolute Gasteiger partial charge is 0.465 e. The van der Waals surface area contributed by atoms with Crippen LogP contribution in [0.1, 0.15) is 36.8 Å². The SMILES string of the molecule is COC(=O)c1ccccc1N[C@@H](NC(=O)c1ccco1)C(=O)c1ccc(C)cc1. The van der Waals surface area contributed by atoms with Gasteiger partial charge in [0.2, 0.25) is 5.78 Å². The number of amides is 1. The molecule has 2 aromatic carbocycles. The standard InChI is InChI=1S/C22H20N2O5/c1-14-9-11-15(12-10-14)19(25)20(24-21(26)18-8-5-13-29-18)23-17-7-4-3-6-16(17)22(27)28-2/h3-13,20,23H,1-2H3,(H,24,26)/t20-/m0/s1. The number of ketones is 1. The number of furan rings is 1. The molecule has 0 spiro atoms. The van der Waals surface area contributed by atoms with Crippen molar-refractivity contribution in [2.75, 3.05) is 12.4 Å². The third kappa shape index (κ3) is 4.70. The average Bonchev–Trinajstić information content (AvgIpc) is 3.28. The van der Waals surface area contributed by atoms with E-state index >= 15 is 0 Å². The van der Waals surface area contributed by atoms with Gasteiger partial charge in [-0.2, -0.15) is 0 Å². The number of anilines is 1. The molecule has 0 unspecified atom stereocenters. The van der Waals surface area contributed by atoms with Crippen LogP contribution in [0, 0.1) is 6.92 Å². The maximum absolute atomic E-state index is 13.1. The number of methoxy groups -OCH3 is 1. The van der Waals surface area contributed by atoms with Crippen LogP contribution in [0.5, 0.6) is 0 Å². The van der Waals surface area contributed by atoms with E-state index in [1.165, 1.54) is 19.4 Å². The van der Waals surface area contributed by atoms with Gasteiger partial charge >= 0.3 is 5.97 Å². The second-order valence-electron chi connectivity index (χ2n) is 6.30. The second kappa shape index (κ2) is 8.88. The summed E-state index contributed by atoms with van der Waals surface area (Å²) in [6, 6.07) is 16.6. The molecule has 0 saturated carbocycles. The van der Waals surface area contributed by atoms with Gasteiger partial charge in [-0.05, 0) is 31.2 Å². The van der Waals surface area contributed by atoms with Crippen molar-refractivity contribution in [3.8, 4) is 0 Å². The number of rotatable bonds is 7. The summed E-state index contributed by atoms with van der Waals surface area (Å²) in [5, 5.41) is 5.56. The topological polar surface area (TPSA) is 97.6 Å². The maximum atomic E-state index is 13.1. The summed E-state index contributed by atoms with van der Waals surface area (Å²) in [6.07, 6.45) is 0.229. The van der Waals surface area contributed by atoms with Crippen LogP contribution in [-0.4, -0.2) is 30.9 Å². The van der Waals surface area contributed by atoms with E-state index in [0.29, 0.717) is 11.3 Å². The van der Waals surface area contributed by atoms with Gasteiger partial charge in [-0.1, -0.05) is 42.0 Å². The molecule has 1 aromatic heterocycles. The monoisotopic (exact) mass is 392 g/mol. The summed E-state index contributed by atoms with van der Waals surface area (Å²) in [5.74, 6) is -1.44. The molecular formula is C22H20N2O5. The Morgan fingerprint density at radius 3 is 2.34 bits per heavy atom. The Bertz CT molecular complexity index is 1010. The van der Waals surface area contributed by atoms with Crippen LogP contribution in [0.3, 0.4) is 0 Å². The van der Waals surface area contributed by atoms with Crippen LogP contribution in [0.15, 0.2) is 71.3 Å². The first-order valence-electron chi connectivity index (χ1n) is 8.88. The van der Waals surface area contributed by atoms with Crippen molar-refractivity contribution in [1.29, 1.82) is 0 Å². The number of ether oxygens (including phenoxy) is 1. The Balaban J connectivity index is 1.92. The summed E-state index contributed by atoms with van der Waals surface area (Å²) in [7, 11) is 1.27. The fraction of sp³-hybridized carbons (Fsp3) is 0.136. The number of benzene rings is 2. The zero-order chi connectivity index (χ0) is 20.8. The summed E-state index contributed by atoms with van der Waals surface area (Å²) in [5.41, 5.74) is 2.00. The Labute approximate surface area is 167 Å². The Morgan fingerprint density at radius 1 is 0.966 bits per heavy atom. The number of Topliss-reactive ketones (excluding diaryl/α,β-unsaturated/α-hetero) is 1. The van der Waals surface area contributed by atoms with Crippen LogP contribution in [0.4, 0.5) is 5.69 Å². The molecule has 0 fully saturated rings. The number of carbonyl (C=O) groups is 3. The molecule has 7 heteroatoms. The van der Waals surface area contributed by atoms with Crippen LogP contribution in [-0.2, 0) is 4.74 Å². The van der Waals surface area contributed by atoms with Gasteiger partial charge in [0.15, 0.2) is 11.9 Å². The third-order valence-electron chi connectivity index (χ3n) is 4.25. The molecule has 3 aromatic rings. The van der Waals surface area contributed by atoms with Gasteiger partial charge in [-0.3, -0.25) is 9.59 Å². The van der Waals surface area contributed by atoms with Gasteiger partial charge in [0.25, 0.3) is 5.91 Å². The normalized spacial score (nSPS) is 11.4. The maximum Gasteiger partial charge on any atom is 0.339 e. The van der Waals surface area contributed by atoms with Gasteiger partial charge in [0.1, 0.15) is 0 Å². The third-order valence-corrected chi connectivity index (χ3v) is 4.25. The molecule has 0 radical (unpaired) electrons. The van der Waals surface area contributed by atoms with Crippen molar-refractivity contribution in [2.45, 2.75) is 13.1 Å². The van der Waals surface area contributed by atoms with Gasteiger partial charge in [0, 0.05) is 5.56 Å². The van der Waals surface area contributed by atoms with Crippen molar-refractivity contribution in [3.63, 3.8) is 0 Å². The number of esters is 1. The molecular weight excluding hydrogens is 372 g/mol. The van der Waals surface area contributed by atoms with E-state index in [1.807, 2.05) is 6.92 Å². The minimum Gasteiger partial charge on any atom is -0.465 e. The van der Waals surface area contributed by atoms with Crippen LogP contribution in [0.25, 0.3) is 0 Å². The van der Waals surface area contributed by atoms with Crippen molar-refractivity contribution in [1.82, 2.24) is 5.32 Å². The number of nitrogens with one attached hydrogen (secondary N) is 2. The minimum absolute atomic E-state index is 0.0646. The van der Waals surface area contributed by atoms with E-state index in [9.17, 15) is 14.4 Å². The highest BCUT2D eigenvalue weighted by atomic mass is 16.5. The predicted octanol–water partition coefficient (Wildman–Crippen LogP) is 3.43. The van der Waals surface area contributed by atoms with E-state index < -0.39 is 18.0 Å². The lowest BCUT2D eigenvalue weighted by molar-refractivity contribution is 0.0601. The van der Waals surface area contributed by atoms with E-state index in [4.69, 9.17) is 9.15 Å². The molecule has 1 amide bonds. The molecule has 29 heavy (non-hydrogen) atoms.